The minimum atomic E-state index is -3.43. The van der Waals surface area contributed by atoms with E-state index in [1.807, 2.05) is 12.1 Å². The van der Waals surface area contributed by atoms with Crippen molar-refractivity contribution in [1.82, 2.24) is 23.8 Å². The Morgan fingerprint density at radius 3 is 2.78 bits per heavy atom. The largest absolute Gasteiger partial charge is 0.279 e. The maximum absolute atomic E-state index is 12.4. The second kappa shape index (κ2) is 6.77. The van der Waals surface area contributed by atoms with E-state index in [-0.39, 0.29) is 6.54 Å². The molecule has 0 saturated carbocycles. The fourth-order valence-corrected chi connectivity index (χ4v) is 3.81. The second-order valence-corrected chi connectivity index (χ2v) is 7.64. The van der Waals surface area contributed by atoms with Gasteiger partial charge in [0.1, 0.15) is 0 Å². The summed E-state index contributed by atoms with van der Waals surface area (Å²) < 4.78 is 30.6. The molecule has 1 saturated heterocycles. The maximum Gasteiger partial charge on any atom is 0.279 e. The lowest BCUT2D eigenvalue weighted by molar-refractivity contribution is 0.285. The fraction of sp³-hybridized carbons (Fsp3) is 0.467. The lowest BCUT2D eigenvalue weighted by atomic mass is 10.0. The van der Waals surface area contributed by atoms with E-state index in [0.29, 0.717) is 24.8 Å². The number of hydrogen-bond donors (Lipinski definition) is 1. The fourth-order valence-electron chi connectivity index (χ4n) is 2.59. The summed E-state index contributed by atoms with van der Waals surface area (Å²) in [6, 6.07) is 5.44. The van der Waals surface area contributed by atoms with Crippen LogP contribution in [-0.4, -0.2) is 40.6 Å². The highest BCUT2D eigenvalue weighted by Crippen LogP contribution is 2.18. The van der Waals surface area contributed by atoms with Crippen LogP contribution in [0.5, 0.6) is 0 Å². The van der Waals surface area contributed by atoms with E-state index in [4.69, 9.17) is 0 Å². The van der Waals surface area contributed by atoms with Crippen LogP contribution in [0.3, 0.4) is 0 Å². The lowest BCUT2D eigenvalue weighted by Crippen LogP contribution is -2.44. The van der Waals surface area contributed by atoms with Gasteiger partial charge in [0, 0.05) is 38.2 Å². The molecule has 7 nitrogen and oxygen atoms in total. The van der Waals surface area contributed by atoms with Crippen molar-refractivity contribution in [2.45, 2.75) is 26.3 Å². The van der Waals surface area contributed by atoms with Crippen LogP contribution < -0.4 is 4.72 Å². The lowest BCUT2D eigenvalue weighted by Gasteiger charge is -2.29. The summed E-state index contributed by atoms with van der Waals surface area (Å²) in [6.07, 6.45) is 6.96. The van der Waals surface area contributed by atoms with Crippen molar-refractivity contribution in [2.75, 3.05) is 13.1 Å². The summed E-state index contributed by atoms with van der Waals surface area (Å²) >= 11 is 0. The van der Waals surface area contributed by atoms with E-state index < -0.39 is 10.2 Å². The predicted octanol–water partition coefficient (Wildman–Crippen LogP) is 1.33. The molecular formula is C15H21N5O2S. The molecule has 3 rings (SSSR count). The number of nitrogens with one attached hydrogen (secondary N) is 1. The van der Waals surface area contributed by atoms with Crippen LogP contribution in [0.4, 0.5) is 0 Å². The van der Waals surface area contributed by atoms with Gasteiger partial charge in [0.05, 0.1) is 0 Å². The van der Waals surface area contributed by atoms with Crippen LogP contribution in [0, 0.1) is 5.92 Å². The molecule has 2 aromatic heterocycles. The zero-order valence-electron chi connectivity index (χ0n) is 13.1. The Kier molecular flexibility index (Phi) is 4.74. The zero-order valence-corrected chi connectivity index (χ0v) is 13.9. The van der Waals surface area contributed by atoms with Crippen molar-refractivity contribution in [3.8, 4) is 5.82 Å². The molecule has 0 bridgehead atoms. The van der Waals surface area contributed by atoms with Gasteiger partial charge >= 0.3 is 0 Å². The highest BCUT2D eigenvalue weighted by atomic mass is 32.2. The molecular weight excluding hydrogens is 314 g/mol. The molecule has 8 heteroatoms. The van der Waals surface area contributed by atoms with Crippen LogP contribution in [0.15, 0.2) is 36.8 Å². The van der Waals surface area contributed by atoms with Gasteiger partial charge < -0.3 is 0 Å². The molecule has 124 valence electrons. The van der Waals surface area contributed by atoms with E-state index in [9.17, 15) is 8.42 Å². The quantitative estimate of drug-likeness (QED) is 0.894. The van der Waals surface area contributed by atoms with Crippen molar-refractivity contribution >= 4 is 10.2 Å². The highest BCUT2D eigenvalue weighted by Gasteiger charge is 2.25. The molecule has 1 fully saturated rings. The standard InChI is InChI=1S/C15H21N5O2S/c1-13-4-9-19(10-5-13)23(21,22)18-12-14-3-7-16-15(11-14)20-8-2-6-17-20/h2-3,6-8,11,13,18H,4-5,9-10,12H2,1H3. The molecule has 23 heavy (non-hydrogen) atoms. The molecule has 1 aliphatic rings. The number of nitrogens with zero attached hydrogens (tertiary/aromatic N) is 4. The topological polar surface area (TPSA) is 80.1 Å². The molecule has 0 spiro atoms. The van der Waals surface area contributed by atoms with Gasteiger partial charge in [-0.3, -0.25) is 0 Å². The molecule has 0 radical (unpaired) electrons. The van der Waals surface area contributed by atoms with Crippen LogP contribution in [0.2, 0.25) is 0 Å². The summed E-state index contributed by atoms with van der Waals surface area (Å²) in [5.41, 5.74) is 0.847. The first-order valence-electron chi connectivity index (χ1n) is 7.74. The maximum atomic E-state index is 12.4. The number of hydrogen-bond acceptors (Lipinski definition) is 4. The minimum absolute atomic E-state index is 0.241. The molecule has 0 atom stereocenters. The molecule has 1 N–H and O–H groups in total. The third kappa shape index (κ3) is 3.95. The molecule has 3 heterocycles. The van der Waals surface area contributed by atoms with Crippen molar-refractivity contribution in [1.29, 1.82) is 0 Å². The summed E-state index contributed by atoms with van der Waals surface area (Å²) in [5, 5.41) is 4.12. The normalized spacial score (nSPS) is 17.4. The van der Waals surface area contributed by atoms with E-state index >= 15 is 0 Å². The van der Waals surface area contributed by atoms with Gasteiger partial charge in [-0.25, -0.2) is 9.67 Å². The molecule has 1 aliphatic heterocycles. The molecule has 0 aromatic carbocycles. The molecule has 0 aliphatic carbocycles. The van der Waals surface area contributed by atoms with Crippen LogP contribution in [0.1, 0.15) is 25.3 Å². The number of aromatic nitrogens is 3. The summed E-state index contributed by atoms with van der Waals surface area (Å²) in [7, 11) is -3.43. The van der Waals surface area contributed by atoms with Crippen molar-refractivity contribution in [2.24, 2.45) is 5.92 Å². The monoisotopic (exact) mass is 335 g/mol. The van der Waals surface area contributed by atoms with E-state index in [2.05, 4.69) is 21.7 Å². The first kappa shape index (κ1) is 16.1. The van der Waals surface area contributed by atoms with E-state index in [1.165, 1.54) is 4.31 Å². The van der Waals surface area contributed by atoms with E-state index in [1.54, 1.807) is 29.3 Å². The van der Waals surface area contributed by atoms with Crippen molar-refractivity contribution < 1.29 is 8.42 Å². The van der Waals surface area contributed by atoms with Gasteiger partial charge in [0.15, 0.2) is 5.82 Å². The van der Waals surface area contributed by atoms with Gasteiger partial charge in [-0.15, -0.1) is 0 Å². The van der Waals surface area contributed by atoms with E-state index in [0.717, 1.165) is 18.4 Å². The van der Waals surface area contributed by atoms with Crippen LogP contribution in [-0.2, 0) is 16.8 Å². The zero-order chi connectivity index (χ0) is 16.3. The summed E-state index contributed by atoms with van der Waals surface area (Å²) in [4.78, 5) is 4.24. The SMILES string of the molecule is CC1CCN(S(=O)(=O)NCc2ccnc(-n3cccn3)c2)CC1. The van der Waals surface area contributed by atoms with Crippen molar-refractivity contribution in [3.63, 3.8) is 0 Å². The Morgan fingerprint density at radius 2 is 2.09 bits per heavy atom. The third-order valence-corrected chi connectivity index (χ3v) is 5.64. The summed E-state index contributed by atoms with van der Waals surface area (Å²) in [6.45, 7) is 3.58. The Labute approximate surface area is 136 Å². The Bertz CT molecular complexity index is 737. The third-order valence-electron chi connectivity index (χ3n) is 4.09. The average molecular weight is 335 g/mol. The van der Waals surface area contributed by atoms with Gasteiger partial charge in [0.2, 0.25) is 0 Å². The van der Waals surface area contributed by atoms with Crippen molar-refractivity contribution in [3.05, 3.63) is 42.4 Å². The van der Waals surface area contributed by atoms with Gasteiger partial charge in [-0.1, -0.05) is 6.92 Å². The highest BCUT2D eigenvalue weighted by molar-refractivity contribution is 7.87. The van der Waals surface area contributed by atoms with Gasteiger partial charge in [0.25, 0.3) is 10.2 Å². The number of rotatable bonds is 5. The smallest absolute Gasteiger partial charge is 0.237 e. The van der Waals surface area contributed by atoms with Crippen LogP contribution >= 0.6 is 0 Å². The predicted molar refractivity (Wildman–Crippen MR) is 87.1 cm³/mol. The average Bonchev–Trinajstić information content (AvgIpc) is 3.08. The van der Waals surface area contributed by atoms with Gasteiger partial charge in [-0.05, 0) is 42.5 Å². The number of pyridine rings is 1. The summed E-state index contributed by atoms with van der Waals surface area (Å²) in [5.74, 6) is 1.26. The molecule has 0 amide bonds. The Hall–Kier alpha value is -1.77. The molecule has 2 aromatic rings. The first-order chi connectivity index (χ1) is 11.0. The van der Waals surface area contributed by atoms with Gasteiger partial charge in [-0.2, -0.15) is 22.5 Å². The number of piperidine rings is 1. The Morgan fingerprint density at radius 1 is 1.30 bits per heavy atom. The first-order valence-corrected chi connectivity index (χ1v) is 9.18. The second-order valence-electron chi connectivity index (χ2n) is 5.88. The van der Waals surface area contributed by atoms with Crippen LogP contribution in [0.25, 0.3) is 5.82 Å². The molecule has 0 unspecified atom stereocenters. The Balaban J connectivity index is 1.65. The minimum Gasteiger partial charge on any atom is -0.237 e.